The van der Waals surface area contributed by atoms with Gasteiger partial charge in [-0.15, -0.1) is 44.1 Å². The minimum absolute atomic E-state index is 0. The molecule has 0 saturated heterocycles. The molecule has 4 radical (unpaired) electrons. The molecule has 0 nitrogen and oxygen atoms in total. The Bertz CT molecular complexity index is 599. The van der Waals surface area contributed by atoms with Crippen LogP contribution in [0.4, 0.5) is 0 Å². The Labute approximate surface area is 233 Å². The van der Waals surface area contributed by atoms with Crippen LogP contribution >= 0.6 is 37.2 Å². The minimum atomic E-state index is -1.13. The Balaban J connectivity index is -0.0000000740. The maximum atomic E-state index is 3.58. The summed E-state index contributed by atoms with van der Waals surface area (Å²) in [5, 5.41) is 2.72. The van der Waals surface area contributed by atoms with E-state index < -0.39 is 8.07 Å². The SMILES string of the molecule is CC1=[C-]C(C)C(C)=C1C.C[CH-]C.C[CH-]C.Cc1cc([Si])cc([Si](C)(C)C)c1.Cl.Cl.Cl.[Ti+3]. The standard InChI is InChI=1S/C10H15Si2.C9H13.2C3H7.3ClH.Ti/c1-8-5-9(11)7-10(6-8)12(2,3)4;1-6-5-7(2)9(4)8(6)3;2*1-3-2;;;;/h5-7H,1-4H3;6H,1-4H3;2*3H,1-2H3;3*1H;/q;3*-1;;;;+3. The first kappa shape index (κ1) is 45.2. The zero-order chi connectivity index (χ0) is 21.8. The van der Waals surface area contributed by atoms with E-state index >= 15 is 0 Å². The summed E-state index contributed by atoms with van der Waals surface area (Å²) in [7, 11) is 2.45. The molecule has 0 amide bonds. The molecule has 0 N–H and O–H groups in total. The molecule has 0 fully saturated rings. The van der Waals surface area contributed by atoms with Gasteiger partial charge in [0.2, 0.25) is 0 Å². The third-order valence-corrected chi connectivity index (χ3v) is 6.49. The fourth-order valence-corrected chi connectivity index (χ4v) is 4.15. The van der Waals surface area contributed by atoms with E-state index in [-0.39, 0.29) is 58.9 Å². The molecule has 1 aromatic carbocycles. The monoisotopic (exact) mass is 554 g/mol. The van der Waals surface area contributed by atoms with Crippen LogP contribution in [0.25, 0.3) is 0 Å². The van der Waals surface area contributed by atoms with Crippen molar-refractivity contribution in [3.05, 3.63) is 59.4 Å². The maximum Gasteiger partial charge on any atom is 3.00 e. The van der Waals surface area contributed by atoms with Crippen LogP contribution in [0.3, 0.4) is 0 Å². The second-order valence-electron chi connectivity index (χ2n) is 8.29. The molecule has 1 aromatic rings. The van der Waals surface area contributed by atoms with E-state index in [9.17, 15) is 0 Å². The molecule has 0 bridgehead atoms. The van der Waals surface area contributed by atoms with E-state index in [0.717, 1.165) is 0 Å². The van der Waals surface area contributed by atoms with E-state index in [1.54, 1.807) is 0 Å². The van der Waals surface area contributed by atoms with Crippen LogP contribution < -0.4 is 10.4 Å². The van der Waals surface area contributed by atoms with Crippen molar-refractivity contribution in [1.82, 2.24) is 0 Å². The molecule has 178 valence electrons. The van der Waals surface area contributed by atoms with E-state index in [0.29, 0.717) is 5.92 Å². The molecule has 2 rings (SSSR count). The van der Waals surface area contributed by atoms with Crippen LogP contribution in [0.15, 0.2) is 34.9 Å². The topological polar surface area (TPSA) is 0 Å². The van der Waals surface area contributed by atoms with Crippen molar-refractivity contribution in [1.29, 1.82) is 0 Å². The normalized spacial score (nSPS) is 13.6. The quantitative estimate of drug-likeness (QED) is 0.245. The Hall–Kier alpha value is 0.718. The van der Waals surface area contributed by atoms with Crippen molar-refractivity contribution < 1.29 is 21.7 Å². The maximum absolute atomic E-state index is 3.58. The zero-order valence-corrected chi connectivity index (χ0v) is 27.7. The van der Waals surface area contributed by atoms with Crippen molar-refractivity contribution in [2.45, 2.75) is 82.0 Å². The predicted octanol–water partition coefficient (Wildman–Crippen LogP) is 7.78. The molecule has 0 spiro atoms. The predicted molar refractivity (Wildman–Crippen MR) is 153 cm³/mol. The summed E-state index contributed by atoms with van der Waals surface area (Å²) >= 11 is 0. The smallest absolute Gasteiger partial charge is 0.335 e. The van der Waals surface area contributed by atoms with Gasteiger partial charge in [-0.05, 0) is 6.92 Å². The molecule has 31 heavy (non-hydrogen) atoms. The molecule has 1 unspecified atom stereocenters. The summed E-state index contributed by atoms with van der Waals surface area (Å²) in [6.07, 6.45) is 7.36. The van der Waals surface area contributed by atoms with Crippen LogP contribution in [0.5, 0.6) is 0 Å². The van der Waals surface area contributed by atoms with Gasteiger partial charge in [0.25, 0.3) is 0 Å². The average Bonchev–Trinajstić information content (AvgIpc) is 2.74. The van der Waals surface area contributed by atoms with Gasteiger partial charge in [0, 0.05) is 0 Å². The van der Waals surface area contributed by atoms with Crippen molar-refractivity contribution in [3.8, 4) is 0 Å². The Morgan fingerprint density at radius 3 is 1.42 bits per heavy atom. The van der Waals surface area contributed by atoms with Crippen LogP contribution in [0, 0.1) is 31.8 Å². The van der Waals surface area contributed by atoms with E-state index in [4.69, 9.17) is 0 Å². The molecule has 0 saturated carbocycles. The molecule has 1 atom stereocenters. The van der Waals surface area contributed by atoms with Crippen molar-refractivity contribution in [2.75, 3.05) is 0 Å². The fraction of sp³-hybridized carbons (Fsp3) is 0.520. The van der Waals surface area contributed by atoms with Gasteiger partial charge in [-0.25, -0.2) is 5.57 Å². The molecule has 0 heterocycles. The first-order chi connectivity index (χ1) is 12.3. The zero-order valence-electron chi connectivity index (χ0n) is 21.7. The summed E-state index contributed by atoms with van der Waals surface area (Å²) in [4.78, 5) is 0. The van der Waals surface area contributed by atoms with Crippen LogP contribution in [0.2, 0.25) is 19.6 Å². The molecule has 0 aliphatic heterocycles. The van der Waals surface area contributed by atoms with Gasteiger partial charge in [-0.2, -0.15) is 38.8 Å². The van der Waals surface area contributed by atoms with E-state index in [2.05, 4.69) is 88.8 Å². The molecular formula is C25H45Cl3Si2Ti. The number of halogens is 3. The number of hydrogen-bond acceptors (Lipinski definition) is 0. The number of rotatable bonds is 1. The average molecular weight is 556 g/mol. The summed E-state index contributed by atoms with van der Waals surface area (Å²) < 4.78 is 0. The Kier molecular flexibility index (Phi) is 34.8. The van der Waals surface area contributed by atoms with Gasteiger partial charge >= 0.3 is 21.7 Å². The van der Waals surface area contributed by atoms with Gasteiger partial charge in [-0.3, -0.25) is 6.08 Å². The van der Waals surface area contributed by atoms with Gasteiger partial charge in [0.1, 0.15) is 0 Å². The van der Waals surface area contributed by atoms with Gasteiger partial charge in [-0.1, -0.05) is 80.5 Å². The first-order valence-electron chi connectivity index (χ1n) is 9.95. The summed E-state index contributed by atoms with van der Waals surface area (Å²) in [5.74, 6) is 0.560. The molecule has 0 aromatic heterocycles. The van der Waals surface area contributed by atoms with Crippen LogP contribution in [0.1, 0.15) is 61.0 Å². The van der Waals surface area contributed by atoms with Crippen LogP contribution in [-0.4, -0.2) is 18.3 Å². The number of aryl methyl sites for hydroxylation is 1. The minimum Gasteiger partial charge on any atom is -0.335 e. The van der Waals surface area contributed by atoms with E-state index in [1.807, 2.05) is 40.5 Å². The second kappa shape index (κ2) is 23.9. The largest absolute Gasteiger partial charge is 3.00 e. The third-order valence-electron chi connectivity index (χ3n) is 4.18. The second-order valence-corrected chi connectivity index (χ2v) is 13.9. The van der Waals surface area contributed by atoms with Gasteiger partial charge in [0.15, 0.2) is 0 Å². The van der Waals surface area contributed by atoms with E-state index in [1.165, 1.54) is 32.7 Å². The number of allylic oxidation sites excluding steroid dienone is 4. The molecule has 6 heteroatoms. The first-order valence-corrected chi connectivity index (χ1v) is 13.9. The van der Waals surface area contributed by atoms with Crippen molar-refractivity contribution in [3.63, 3.8) is 0 Å². The Morgan fingerprint density at radius 1 is 0.839 bits per heavy atom. The number of hydrogen-bond donors (Lipinski definition) is 0. The van der Waals surface area contributed by atoms with Crippen LogP contribution in [-0.2, 0) is 21.7 Å². The molecule has 1 aliphatic rings. The molecular weight excluding hydrogens is 511 g/mol. The van der Waals surface area contributed by atoms with Crippen molar-refractivity contribution in [2.24, 2.45) is 5.92 Å². The summed E-state index contributed by atoms with van der Waals surface area (Å²) in [6, 6.07) is 6.70. The van der Waals surface area contributed by atoms with Crippen molar-refractivity contribution >= 4 is 65.9 Å². The van der Waals surface area contributed by atoms with Gasteiger partial charge < -0.3 is 12.8 Å². The fourth-order valence-electron chi connectivity index (χ4n) is 2.38. The Morgan fingerprint density at radius 2 is 1.23 bits per heavy atom. The summed E-state index contributed by atoms with van der Waals surface area (Å²) in [5.41, 5.74) is 5.59. The molecule has 1 aliphatic carbocycles. The summed E-state index contributed by atoms with van der Waals surface area (Å²) in [6.45, 7) is 25.9. The number of benzene rings is 1. The third kappa shape index (κ3) is 21.0. The van der Waals surface area contributed by atoms with Gasteiger partial charge in [0.05, 0.1) is 18.3 Å².